The maximum absolute atomic E-state index is 12.0. The maximum atomic E-state index is 12.0. The van der Waals surface area contributed by atoms with Gasteiger partial charge in [0.05, 0.1) is 0 Å². The monoisotopic (exact) mass is 471 g/mol. The largest absolute Gasteiger partial charge is 0.480 e. The molecule has 0 amide bonds. The Bertz CT molecular complexity index is 1160. The molecule has 9 nitrogen and oxygen atoms in total. The van der Waals surface area contributed by atoms with Crippen LogP contribution in [0.25, 0.3) is 10.9 Å². The van der Waals surface area contributed by atoms with Crippen LogP contribution in [0.2, 0.25) is 0 Å². The highest BCUT2D eigenvalue weighted by atomic mass is 35.5. The molecule has 33 heavy (non-hydrogen) atoms. The summed E-state index contributed by atoms with van der Waals surface area (Å²) in [6.45, 7) is 3.90. The zero-order chi connectivity index (χ0) is 22.5. The second kappa shape index (κ2) is 8.39. The molecule has 0 radical (unpaired) electrons. The Hall–Kier alpha value is -2.46. The molecule has 2 bridgehead atoms. The van der Waals surface area contributed by atoms with Crippen LogP contribution < -0.4 is 0 Å². The lowest BCUT2D eigenvalue weighted by Gasteiger charge is -2.49. The van der Waals surface area contributed by atoms with Crippen molar-refractivity contribution in [3.8, 4) is 0 Å². The number of carbonyl (C=O) groups is 1. The lowest BCUT2D eigenvalue weighted by molar-refractivity contribution is -0.155. The molecule has 0 aliphatic carbocycles. The van der Waals surface area contributed by atoms with E-state index in [2.05, 4.69) is 44.0 Å². The lowest BCUT2D eigenvalue weighted by Crippen LogP contribution is -2.64. The number of hydrogen-bond donors (Lipinski definition) is 1. The van der Waals surface area contributed by atoms with Gasteiger partial charge in [0.2, 0.25) is 11.7 Å². The molecule has 4 fully saturated rings. The first kappa shape index (κ1) is 21.1. The minimum Gasteiger partial charge on any atom is -0.480 e. The number of carboxylic acids is 1. The number of nitrogens with zero attached hydrogens (tertiary/aromatic N) is 5. The van der Waals surface area contributed by atoms with Crippen LogP contribution in [0.5, 0.6) is 0 Å². The van der Waals surface area contributed by atoms with Gasteiger partial charge in [-0.25, -0.2) is 0 Å². The quantitative estimate of drug-likeness (QED) is 0.567. The lowest BCUT2D eigenvalue weighted by atomic mass is 9.94. The molecule has 3 aromatic rings. The molecule has 5 atom stereocenters. The van der Waals surface area contributed by atoms with Gasteiger partial charge in [-0.3, -0.25) is 14.6 Å². The number of para-hydroxylation sites is 1. The Morgan fingerprint density at radius 3 is 2.73 bits per heavy atom. The van der Waals surface area contributed by atoms with Crippen LogP contribution in [0.4, 0.5) is 0 Å². The topological polar surface area (TPSA) is 96.9 Å². The summed E-state index contributed by atoms with van der Waals surface area (Å²) in [4.78, 5) is 20.7. The Kier molecular flexibility index (Phi) is 5.37. The standard InChI is InChI=1S/C23H26ClN5O4/c24-18-12-14(13-29-6-5-15-3-1-2-4-16(15)29)11-17(32-18)21-25-22(33-26-21)19-20(23(30)31)28-9-7-27(19)8-10-28/h1-6,14,17-20H,7-13H2,(H,30,31). The molecular formula is C23H26ClN5O4. The van der Waals surface area contributed by atoms with E-state index in [0.717, 1.165) is 45.6 Å². The molecule has 6 heterocycles. The van der Waals surface area contributed by atoms with E-state index in [1.807, 2.05) is 17.0 Å². The highest BCUT2D eigenvalue weighted by molar-refractivity contribution is 6.19. The van der Waals surface area contributed by atoms with E-state index in [0.29, 0.717) is 11.7 Å². The van der Waals surface area contributed by atoms with Crippen molar-refractivity contribution < 1.29 is 19.2 Å². The number of halogens is 1. The minimum atomic E-state index is -0.863. The van der Waals surface area contributed by atoms with Crippen LogP contribution in [-0.4, -0.2) is 73.4 Å². The van der Waals surface area contributed by atoms with E-state index in [4.69, 9.17) is 20.9 Å². The third-order valence-electron chi connectivity index (χ3n) is 7.20. The normalized spacial score (nSPS) is 34.0. The molecule has 5 unspecified atom stereocenters. The predicted molar refractivity (Wildman–Crippen MR) is 120 cm³/mol. The van der Waals surface area contributed by atoms with Crippen molar-refractivity contribution in [2.75, 3.05) is 26.2 Å². The van der Waals surface area contributed by atoms with E-state index in [9.17, 15) is 9.90 Å². The molecule has 0 saturated carbocycles. The number of alkyl halides is 1. The van der Waals surface area contributed by atoms with E-state index < -0.39 is 23.6 Å². The highest BCUT2D eigenvalue weighted by Crippen LogP contribution is 2.39. The first-order chi connectivity index (χ1) is 16.1. The van der Waals surface area contributed by atoms with Crippen LogP contribution in [0.1, 0.15) is 36.7 Å². The summed E-state index contributed by atoms with van der Waals surface area (Å²) in [7, 11) is 0. The molecule has 4 saturated heterocycles. The SMILES string of the molecule is O=C(O)C1C(c2nc(C3CC(Cn4ccc5ccccc54)CC(Cl)O3)no2)N2CCN1CC2. The highest BCUT2D eigenvalue weighted by Gasteiger charge is 2.48. The number of hydrogen-bond acceptors (Lipinski definition) is 7. The molecule has 1 aromatic carbocycles. The van der Waals surface area contributed by atoms with Gasteiger partial charge in [-0.05, 0) is 36.3 Å². The Morgan fingerprint density at radius 2 is 1.91 bits per heavy atom. The summed E-state index contributed by atoms with van der Waals surface area (Å²) in [5, 5.41) is 15.2. The van der Waals surface area contributed by atoms with Crippen molar-refractivity contribution in [2.24, 2.45) is 5.92 Å². The molecule has 4 aliphatic rings. The van der Waals surface area contributed by atoms with Gasteiger partial charge in [-0.2, -0.15) is 4.98 Å². The van der Waals surface area contributed by atoms with E-state index in [1.54, 1.807) is 0 Å². The van der Waals surface area contributed by atoms with Crippen molar-refractivity contribution in [3.63, 3.8) is 0 Å². The Balaban J connectivity index is 1.21. The summed E-state index contributed by atoms with van der Waals surface area (Å²) in [5.74, 6) is 0.212. The molecule has 7 rings (SSSR count). The first-order valence-corrected chi connectivity index (χ1v) is 11.9. The number of ether oxygens (including phenoxy) is 1. The Labute approximate surface area is 195 Å². The number of aliphatic carboxylic acids is 1. The summed E-state index contributed by atoms with van der Waals surface area (Å²) in [6, 6.07) is 9.33. The average molecular weight is 472 g/mol. The van der Waals surface area contributed by atoms with Gasteiger partial charge in [0, 0.05) is 44.4 Å². The van der Waals surface area contributed by atoms with Gasteiger partial charge < -0.3 is 18.9 Å². The maximum Gasteiger partial charge on any atom is 0.323 e. The van der Waals surface area contributed by atoms with Crippen LogP contribution in [-0.2, 0) is 16.1 Å². The van der Waals surface area contributed by atoms with E-state index >= 15 is 0 Å². The fraction of sp³-hybridized carbons (Fsp3) is 0.522. The second-order valence-electron chi connectivity index (χ2n) is 9.19. The minimum absolute atomic E-state index is 0.288. The summed E-state index contributed by atoms with van der Waals surface area (Å²) in [6.07, 6.45) is 3.18. The molecule has 10 heteroatoms. The number of benzene rings is 1. The number of carboxylic acid groups (broad SMARTS) is 1. The number of rotatable bonds is 5. The molecule has 2 aromatic heterocycles. The zero-order valence-electron chi connectivity index (χ0n) is 18.1. The van der Waals surface area contributed by atoms with Crippen LogP contribution in [0, 0.1) is 5.92 Å². The average Bonchev–Trinajstić information content (AvgIpc) is 3.47. The van der Waals surface area contributed by atoms with Gasteiger partial charge in [0.15, 0.2) is 0 Å². The van der Waals surface area contributed by atoms with Crippen molar-refractivity contribution in [1.29, 1.82) is 0 Å². The fourth-order valence-electron chi connectivity index (χ4n) is 5.62. The van der Waals surface area contributed by atoms with Crippen molar-refractivity contribution in [3.05, 3.63) is 48.2 Å². The molecule has 0 spiro atoms. The molecule has 174 valence electrons. The summed E-state index contributed by atoms with van der Waals surface area (Å²) >= 11 is 6.48. The van der Waals surface area contributed by atoms with Gasteiger partial charge >= 0.3 is 5.97 Å². The van der Waals surface area contributed by atoms with Gasteiger partial charge in [0.1, 0.15) is 23.8 Å². The fourth-order valence-corrected chi connectivity index (χ4v) is 5.99. The van der Waals surface area contributed by atoms with Crippen molar-refractivity contribution >= 4 is 28.5 Å². The smallest absolute Gasteiger partial charge is 0.323 e. The Morgan fingerprint density at radius 1 is 1.12 bits per heavy atom. The molecule has 4 aliphatic heterocycles. The predicted octanol–water partition coefficient (Wildman–Crippen LogP) is 2.88. The number of aromatic nitrogens is 3. The van der Waals surface area contributed by atoms with Crippen molar-refractivity contribution in [2.45, 2.75) is 43.1 Å². The number of fused-ring (bicyclic) bond motifs is 4. The summed E-state index contributed by atoms with van der Waals surface area (Å²) < 4.78 is 13.8. The van der Waals surface area contributed by atoms with Gasteiger partial charge in [0.25, 0.3) is 0 Å². The summed E-state index contributed by atoms with van der Waals surface area (Å²) in [5.41, 5.74) is 0.759. The number of piperazine rings is 3. The van der Waals surface area contributed by atoms with Crippen molar-refractivity contribution in [1.82, 2.24) is 24.5 Å². The second-order valence-corrected chi connectivity index (χ2v) is 9.68. The van der Waals surface area contributed by atoms with Gasteiger partial charge in [-0.15, -0.1) is 0 Å². The molecular weight excluding hydrogens is 446 g/mol. The van der Waals surface area contributed by atoms with Crippen LogP contribution in [0.3, 0.4) is 0 Å². The first-order valence-electron chi connectivity index (χ1n) is 11.4. The van der Waals surface area contributed by atoms with E-state index in [1.165, 1.54) is 10.9 Å². The third kappa shape index (κ3) is 3.82. The molecule has 1 N–H and O–H groups in total. The third-order valence-corrected chi connectivity index (χ3v) is 7.48. The van der Waals surface area contributed by atoms with Crippen LogP contribution in [0.15, 0.2) is 41.1 Å². The van der Waals surface area contributed by atoms with Crippen LogP contribution >= 0.6 is 11.6 Å². The zero-order valence-corrected chi connectivity index (χ0v) is 18.8. The van der Waals surface area contributed by atoms with E-state index in [-0.39, 0.29) is 12.0 Å². The van der Waals surface area contributed by atoms with Gasteiger partial charge in [-0.1, -0.05) is 35.0 Å².